The number of nitrogens with one attached hydrogen (secondary N) is 1. The number of sulfonamides is 1. The van der Waals surface area contributed by atoms with Crippen LogP contribution in [-0.2, 0) is 14.8 Å². The van der Waals surface area contributed by atoms with Gasteiger partial charge in [0, 0.05) is 30.2 Å². The van der Waals surface area contributed by atoms with Gasteiger partial charge in [0.2, 0.25) is 10.0 Å². The molecule has 0 aliphatic carbocycles. The summed E-state index contributed by atoms with van der Waals surface area (Å²) in [4.78, 5) is 2.36. The van der Waals surface area contributed by atoms with Crippen LogP contribution in [0.3, 0.4) is 0 Å². The molecule has 1 aromatic carbocycles. The number of hydrogen-bond donors (Lipinski definition) is 1. The lowest BCUT2D eigenvalue weighted by Gasteiger charge is -2.33. The molecule has 2 aliphatic heterocycles. The van der Waals surface area contributed by atoms with E-state index in [4.69, 9.17) is 21.1 Å². The van der Waals surface area contributed by atoms with Gasteiger partial charge in [-0.1, -0.05) is 11.6 Å². The first-order valence-corrected chi connectivity index (χ1v) is 9.46. The minimum Gasteiger partial charge on any atom is -0.495 e. The van der Waals surface area contributed by atoms with Crippen molar-refractivity contribution in [3.05, 3.63) is 23.2 Å². The molecule has 1 N–H and O–H groups in total. The van der Waals surface area contributed by atoms with Gasteiger partial charge in [0.05, 0.1) is 19.8 Å². The number of hydrogen-bond acceptors (Lipinski definition) is 5. The average molecular weight is 361 g/mol. The van der Waals surface area contributed by atoms with Crippen molar-refractivity contribution in [1.82, 2.24) is 9.62 Å². The molecule has 0 saturated carbocycles. The molecular formula is C15H21ClN2O4S. The first kappa shape index (κ1) is 17.0. The van der Waals surface area contributed by atoms with Crippen LogP contribution >= 0.6 is 11.6 Å². The summed E-state index contributed by atoms with van der Waals surface area (Å²) < 4.78 is 39.0. The highest BCUT2D eigenvalue weighted by atomic mass is 35.5. The predicted molar refractivity (Wildman–Crippen MR) is 87.5 cm³/mol. The van der Waals surface area contributed by atoms with Gasteiger partial charge in [-0.15, -0.1) is 0 Å². The lowest BCUT2D eigenvalue weighted by Crippen LogP contribution is -2.45. The Bertz CT molecular complexity index is 682. The number of nitrogens with zero attached hydrogens (tertiary/aromatic N) is 1. The Morgan fingerprint density at radius 2 is 2.17 bits per heavy atom. The lowest BCUT2D eigenvalue weighted by molar-refractivity contribution is -0.0390. The topological polar surface area (TPSA) is 67.9 Å². The van der Waals surface area contributed by atoms with Crippen LogP contribution in [0.4, 0.5) is 0 Å². The van der Waals surface area contributed by atoms with E-state index in [0.29, 0.717) is 18.2 Å². The Labute approximate surface area is 141 Å². The third-order valence-corrected chi connectivity index (χ3v) is 6.11. The van der Waals surface area contributed by atoms with Crippen LogP contribution < -0.4 is 9.46 Å². The Morgan fingerprint density at radius 3 is 2.91 bits per heavy atom. The summed E-state index contributed by atoms with van der Waals surface area (Å²) in [6, 6.07) is 4.72. The highest BCUT2D eigenvalue weighted by Crippen LogP contribution is 2.29. The van der Waals surface area contributed by atoms with Crippen molar-refractivity contribution in [3.8, 4) is 5.75 Å². The Balaban J connectivity index is 1.76. The average Bonchev–Trinajstić information content (AvgIpc) is 2.87. The van der Waals surface area contributed by atoms with Crippen LogP contribution in [0.1, 0.15) is 13.3 Å². The normalized spacial score (nSPS) is 28.6. The van der Waals surface area contributed by atoms with Crippen molar-refractivity contribution in [1.29, 1.82) is 0 Å². The highest BCUT2D eigenvalue weighted by molar-refractivity contribution is 7.89. The van der Waals surface area contributed by atoms with Crippen molar-refractivity contribution < 1.29 is 17.9 Å². The molecule has 0 spiro atoms. The van der Waals surface area contributed by atoms with Crippen LogP contribution in [0.25, 0.3) is 0 Å². The van der Waals surface area contributed by atoms with Gasteiger partial charge in [-0.3, -0.25) is 4.90 Å². The minimum absolute atomic E-state index is 0.0713. The molecule has 0 bridgehead atoms. The van der Waals surface area contributed by atoms with Crippen molar-refractivity contribution in [2.45, 2.75) is 36.4 Å². The maximum atomic E-state index is 12.7. The zero-order valence-electron chi connectivity index (χ0n) is 13.2. The fraction of sp³-hybridized carbons (Fsp3) is 0.600. The molecule has 2 heterocycles. The summed E-state index contributed by atoms with van der Waals surface area (Å²) in [6.45, 7) is 4.22. The zero-order chi connectivity index (χ0) is 16.6. The van der Waals surface area contributed by atoms with Gasteiger partial charge in [-0.05, 0) is 31.5 Å². The van der Waals surface area contributed by atoms with Crippen LogP contribution in [0, 0.1) is 0 Å². The maximum Gasteiger partial charge on any atom is 0.244 e. The first-order valence-electron chi connectivity index (χ1n) is 7.60. The largest absolute Gasteiger partial charge is 0.495 e. The molecule has 0 aromatic heterocycles. The fourth-order valence-electron chi connectivity index (χ4n) is 3.27. The van der Waals surface area contributed by atoms with E-state index < -0.39 is 10.0 Å². The third kappa shape index (κ3) is 3.64. The molecule has 0 radical (unpaired) electrons. The van der Waals surface area contributed by atoms with Gasteiger partial charge in [0.15, 0.2) is 0 Å². The monoisotopic (exact) mass is 360 g/mol. The molecule has 6 nitrogen and oxygen atoms in total. The minimum atomic E-state index is -3.69. The summed E-state index contributed by atoms with van der Waals surface area (Å²) in [5.74, 6) is 0.287. The molecular weight excluding hydrogens is 340 g/mol. The zero-order valence-corrected chi connectivity index (χ0v) is 14.7. The second-order valence-electron chi connectivity index (χ2n) is 6.10. The number of rotatable bonds is 4. The molecule has 23 heavy (non-hydrogen) atoms. The van der Waals surface area contributed by atoms with Gasteiger partial charge in [0.1, 0.15) is 10.6 Å². The summed E-state index contributed by atoms with van der Waals surface area (Å²) in [6.07, 6.45) is 0.934. The SMILES string of the molecule is COc1ccc(Cl)cc1S(=O)(=O)N[C@@H]1C[C@H]2CO[C@H](C)CN2C1. The quantitative estimate of drug-likeness (QED) is 0.881. The highest BCUT2D eigenvalue weighted by Gasteiger charge is 2.38. The van der Waals surface area contributed by atoms with Gasteiger partial charge in [0.25, 0.3) is 0 Å². The molecule has 2 aliphatic rings. The molecule has 3 atom stereocenters. The second kappa shape index (κ2) is 6.57. The maximum absolute atomic E-state index is 12.7. The summed E-state index contributed by atoms with van der Waals surface area (Å²) in [5, 5.41) is 0.359. The predicted octanol–water partition coefficient (Wildman–Crippen LogP) is 1.49. The number of methoxy groups -OCH3 is 1. The fourth-order valence-corrected chi connectivity index (χ4v) is 4.94. The van der Waals surface area contributed by atoms with Gasteiger partial charge in [-0.25, -0.2) is 13.1 Å². The number of benzene rings is 1. The van der Waals surface area contributed by atoms with E-state index in [0.717, 1.165) is 13.0 Å². The molecule has 0 amide bonds. The Hall–Kier alpha value is -0.860. The van der Waals surface area contributed by atoms with Gasteiger partial charge in [-0.2, -0.15) is 0 Å². The molecule has 1 aromatic rings. The van der Waals surface area contributed by atoms with E-state index in [1.54, 1.807) is 12.1 Å². The molecule has 2 saturated heterocycles. The number of halogens is 1. The van der Waals surface area contributed by atoms with Crippen molar-refractivity contribution in [2.75, 3.05) is 26.8 Å². The van der Waals surface area contributed by atoms with Crippen LogP contribution in [0.2, 0.25) is 5.02 Å². The van der Waals surface area contributed by atoms with Crippen molar-refractivity contribution in [2.24, 2.45) is 0 Å². The molecule has 128 valence electrons. The van der Waals surface area contributed by atoms with E-state index in [1.807, 2.05) is 6.92 Å². The summed E-state index contributed by atoms with van der Waals surface area (Å²) >= 11 is 5.94. The van der Waals surface area contributed by atoms with Crippen LogP contribution in [-0.4, -0.2) is 58.3 Å². The van der Waals surface area contributed by atoms with Crippen molar-refractivity contribution in [3.63, 3.8) is 0 Å². The Kier molecular flexibility index (Phi) is 4.85. The standard InChI is InChI=1S/C15H21ClN2O4S/c1-10-7-18-8-12(6-13(18)9-22-10)17-23(19,20)15-5-11(16)3-4-14(15)21-2/h3-5,10,12-13,17H,6-9H2,1-2H3/t10-,12-,13+/m1/s1. The molecule has 3 rings (SSSR count). The van der Waals surface area contributed by atoms with E-state index in [1.165, 1.54) is 13.2 Å². The van der Waals surface area contributed by atoms with E-state index in [9.17, 15) is 8.42 Å². The molecule has 8 heteroatoms. The van der Waals surface area contributed by atoms with E-state index >= 15 is 0 Å². The Morgan fingerprint density at radius 1 is 1.39 bits per heavy atom. The summed E-state index contributed by atoms with van der Waals surface area (Å²) in [5.41, 5.74) is 0. The van der Waals surface area contributed by atoms with Crippen LogP contribution in [0.15, 0.2) is 23.1 Å². The third-order valence-electron chi connectivity index (χ3n) is 4.33. The molecule has 0 unspecified atom stereocenters. The first-order chi connectivity index (χ1) is 10.9. The smallest absolute Gasteiger partial charge is 0.244 e. The van der Waals surface area contributed by atoms with Gasteiger partial charge < -0.3 is 9.47 Å². The number of morpholine rings is 1. The lowest BCUT2D eigenvalue weighted by atomic mass is 10.2. The van der Waals surface area contributed by atoms with E-state index in [2.05, 4.69) is 9.62 Å². The number of ether oxygens (including phenoxy) is 2. The van der Waals surface area contributed by atoms with Gasteiger partial charge >= 0.3 is 0 Å². The van der Waals surface area contributed by atoms with Crippen molar-refractivity contribution >= 4 is 21.6 Å². The summed E-state index contributed by atoms with van der Waals surface area (Å²) in [7, 11) is -2.25. The molecule has 2 fully saturated rings. The van der Waals surface area contributed by atoms with Crippen LogP contribution in [0.5, 0.6) is 5.75 Å². The van der Waals surface area contributed by atoms with E-state index in [-0.39, 0.29) is 28.8 Å². The second-order valence-corrected chi connectivity index (χ2v) is 8.22. The number of fused-ring (bicyclic) bond motifs is 1.